The molecule has 0 bridgehead atoms. The number of nitro groups is 1. The maximum Gasteiger partial charge on any atom is 0.270 e. The number of non-ortho nitro benzene ring substituents is 1. The molecule has 7 nitrogen and oxygen atoms in total. The van der Waals surface area contributed by atoms with Gasteiger partial charge in [-0.3, -0.25) is 14.9 Å². The summed E-state index contributed by atoms with van der Waals surface area (Å²) in [7, 11) is 1.50. The van der Waals surface area contributed by atoms with Crippen LogP contribution in [0.4, 0.5) is 5.69 Å². The van der Waals surface area contributed by atoms with Crippen LogP contribution in [0.25, 0.3) is 6.08 Å². The van der Waals surface area contributed by atoms with Gasteiger partial charge < -0.3 is 9.47 Å². The third-order valence-electron chi connectivity index (χ3n) is 4.70. The van der Waals surface area contributed by atoms with Gasteiger partial charge in [0.1, 0.15) is 18.2 Å². The molecular formula is C25H20N2O5. The number of ether oxygens (including phenoxy) is 2. The first kappa shape index (κ1) is 22.2. The van der Waals surface area contributed by atoms with Gasteiger partial charge in [-0.1, -0.05) is 48.0 Å². The van der Waals surface area contributed by atoms with E-state index in [0.29, 0.717) is 23.7 Å². The highest BCUT2D eigenvalue weighted by Gasteiger charge is 2.16. The Balaban J connectivity index is 1.82. The molecule has 7 heteroatoms. The lowest BCUT2D eigenvalue weighted by atomic mass is 10.0. The number of nitro benzene ring substituents is 1. The number of hydrogen-bond acceptors (Lipinski definition) is 6. The van der Waals surface area contributed by atoms with E-state index in [1.807, 2.05) is 37.3 Å². The lowest BCUT2D eigenvalue weighted by molar-refractivity contribution is -0.384. The largest absolute Gasteiger partial charge is 0.493 e. The molecule has 0 atom stereocenters. The lowest BCUT2D eigenvalue weighted by Gasteiger charge is -2.12. The van der Waals surface area contributed by atoms with Crippen molar-refractivity contribution in [3.05, 3.63) is 105 Å². The second kappa shape index (κ2) is 10.0. The van der Waals surface area contributed by atoms with Crippen LogP contribution in [0.5, 0.6) is 11.5 Å². The molecule has 32 heavy (non-hydrogen) atoms. The van der Waals surface area contributed by atoms with Crippen molar-refractivity contribution in [1.29, 1.82) is 5.26 Å². The van der Waals surface area contributed by atoms with E-state index in [9.17, 15) is 20.2 Å². The summed E-state index contributed by atoms with van der Waals surface area (Å²) in [6.07, 6.45) is 1.41. The van der Waals surface area contributed by atoms with Crippen molar-refractivity contribution in [1.82, 2.24) is 0 Å². The molecule has 3 rings (SSSR count). The van der Waals surface area contributed by atoms with Crippen LogP contribution in [0.2, 0.25) is 0 Å². The van der Waals surface area contributed by atoms with Gasteiger partial charge in [0.05, 0.1) is 12.0 Å². The Morgan fingerprint density at radius 3 is 2.50 bits per heavy atom. The molecular weight excluding hydrogens is 408 g/mol. The van der Waals surface area contributed by atoms with Gasteiger partial charge in [0.2, 0.25) is 5.78 Å². The zero-order chi connectivity index (χ0) is 23.1. The first-order chi connectivity index (χ1) is 15.4. The summed E-state index contributed by atoms with van der Waals surface area (Å²) in [6.45, 7) is 2.37. The zero-order valence-electron chi connectivity index (χ0n) is 17.6. The summed E-state index contributed by atoms with van der Waals surface area (Å²) in [4.78, 5) is 23.1. The summed E-state index contributed by atoms with van der Waals surface area (Å²) in [5.74, 6) is 0.370. The number of benzene rings is 3. The average molecular weight is 428 g/mol. The minimum Gasteiger partial charge on any atom is -0.493 e. The molecule has 0 aliphatic rings. The van der Waals surface area contributed by atoms with Gasteiger partial charge in [0, 0.05) is 17.7 Å². The van der Waals surface area contributed by atoms with Crippen molar-refractivity contribution in [2.45, 2.75) is 13.5 Å². The molecule has 0 fully saturated rings. The predicted molar refractivity (Wildman–Crippen MR) is 120 cm³/mol. The molecule has 0 saturated heterocycles. The third-order valence-corrected chi connectivity index (χ3v) is 4.70. The highest BCUT2D eigenvalue weighted by molar-refractivity contribution is 6.14. The molecule has 0 N–H and O–H groups in total. The lowest BCUT2D eigenvalue weighted by Crippen LogP contribution is -2.03. The Kier molecular flexibility index (Phi) is 6.99. The first-order valence-corrected chi connectivity index (χ1v) is 9.68. The number of Topliss-reactive ketones (excluding diaryl/α,β-unsaturated/α-hetero) is 1. The van der Waals surface area contributed by atoms with Gasteiger partial charge in [0.25, 0.3) is 5.69 Å². The third kappa shape index (κ3) is 5.37. The Hall–Kier alpha value is -4.44. The molecule has 0 unspecified atom stereocenters. The highest BCUT2D eigenvalue weighted by atomic mass is 16.6. The van der Waals surface area contributed by atoms with Gasteiger partial charge in [-0.15, -0.1) is 0 Å². The van der Waals surface area contributed by atoms with Crippen molar-refractivity contribution < 1.29 is 19.2 Å². The first-order valence-electron chi connectivity index (χ1n) is 9.68. The second-order valence-corrected chi connectivity index (χ2v) is 6.99. The topological polar surface area (TPSA) is 102 Å². The van der Waals surface area contributed by atoms with E-state index >= 15 is 0 Å². The molecule has 0 aliphatic heterocycles. The summed E-state index contributed by atoms with van der Waals surface area (Å²) in [6, 6.07) is 20.2. The number of nitrogens with zero attached hydrogens (tertiary/aromatic N) is 2. The van der Waals surface area contributed by atoms with E-state index in [0.717, 1.165) is 17.2 Å². The summed E-state index contributed by atoms with van der Waals surface area (Å²) in [5, 5.41) is 20.4. The molecule has 3 aromatic rings. The fourth-order valence-electron chi connectivity index (χ4n) is 2.97. The van der Waals surface area contributed by atoms with Crippen molar-refractivity contribution in [2.75, 3.05) is 7.11 Å². The van der Waals surface area contributed by atoms with Gasteiger partial charge in [-0.05, 0) is 36.3 Å². The van der Waals surface area contributed by atoms with E-state index in [4.69, 9.17) is 9.47 Å². The summed E-state index contributed by atoms with van der Waals surface area (Å²) >= 11 is 0. The minimum atomic E-state index is -0.602. The predicted octanol–water partition coefficient (Wildman–Crippen LogP) is 5.28. The Labute approximate surface area is 185 Å². The van der Waals surface area contributed by atoms with Crippen molar-refractivity contribution in [2.24, 2.45) is 0 Å². The van der Waals surface area contributed by atoms with Crippen LogP contribution < -0.4 is 9.47 Å². The summed E-state index contributed by atoms with van der Waals surface area (Å²) in [5.41, 5.74) is 2.43. The van der Waals surface area contributed by atoms with E-state index in [1.54, 1.807) is 18.2 Å². The maximum atomic E-state index is 12.7. The molecule has 0 amide bonds. The fraction of sp³-hybridized carbons (Fsp3) is 0.120. The monoisotopic (exact) mass is 428 g/mol. The van der Waals surface area contributed by atoms with Crippen LogP contribution in [0.15, 0.2) is 72.3 Å². The van der Waals surface area contributed by atoms with Crippen LogP contribution >= 0.6 is 0 Å². The summed E-state index contributed by atoms with van der Waals surface area (Å²) < 4.78 is 11.3. The number of nitriles is 1. The SMILES string of the molecule is COc1cc(/C=C(\C#N)C(=O)c2cccc([N+](=O)[O-])c2)ccc1OCc1ccc(C)cc1. The van der Waals surface area contributed by atoms with Crippen LogP contribution in [-0.2, 0) is 6.61 Å². The zero-order valence-corrected chi connectivity index (χ0v) is 17.6. The Morgan fingerprint density at radius 1 is 1.09 bits per heavy atom. The molecule has 0 spiro atoms. The number of methoxy groups -OCH3 is 1. The molecule has 0 aliphatic carbocycles. The van der Waals surface area contributed by atoms with E-state index < -0.39 is 10.7 Å². The molecule has 0 aromatic heterocycles. The number of carbonyl (C=O) groups is 1. The van der Waals surface area contributed by atoms with Gasteiger partial charge >= 0.3 is 0 Å². The highest BCUT2D eigenvalue weighted by Crippen LogP contribution is 2.30. The number of hydrogen-bond donors (Lipinski definition) is 0. The average Bonchev–Trinajstić information content (AvgIpc) is 2.82. The molecule has 160 valence electrons. The van der Waals surface area contributed by atoms with Gasteiger partial charge in [-0.2, -0.15) is 5.26 Å². The van der Waals surface area contributed by atoms with Crippen molar-refractivity contribution in [3.8, 4) is 17.6 Å². The molecule has 0 heterocycles. The van der Waals surface area contributed by atoms with Crippen molar-refractivity contribution >= 4 is 17.5 Å². The number of allylic oxidation sites excluding steroid dienone is 1. The normalized spacial score (nSPS) is 10.8. The van der Waals surface area contributed by atoms with Crippen LogP contribution in [0.3, 0.4) is 0 Å². The van der Waals surface area contributed by atoms with E-state index in [-0.39, 0.29) is 16.8 Å². The number of aryl methyl sites for hydroxylation is 1. The van der Waals surface area contributed by atoms with E-state index in [1.165, 1.54) is 31.4 Å². The molecule has 0 saturated carbocycles. The fourth-order valence-corrected chi connectivity index (χ4v) is 2.97. The van der Waals surface area contributed by atoms with E-state index in [2.05, 4.69) is 0 Å². The number of carbonyl (C=O) groups excluding carboxylic acids is 1. The van der Waals surface area contributed by atoms with Crippen LogP contribution in [0, 0.1) is 28.4 Å². The minimum absolute atomic E-state index is 0.0667. The smallest absolute Gasteiger partial charge is 0.270 e. The quantitative estimate of drug-likeness (QED) is 0.159. The Morgan fingerprint density at radius 2 is 1.84 bits per heavy atom. The standard InChI is InChI=1S/C25H20N2O5/c1-17-6-8-18(9-7-17)16-32-23-11-10-19(13-24(23)31-2)12-21(15-26)25(28)20-4-3-5-22(14-20)27(29)30/h3-14H,16H2,1-2H3/b21-12+. The maximum absolute atomic E-state index is 12.7. The van der Waals surface area contributed by atoms with Crippen LogP contribution in [-0.4, -0.2) is 17.8 Å². The Bertz CT molecular complexity index is 1220. The van der Waals surface area contributed by atoms with Gasteiger partial charge in [0.15, 0.2) is 11.5 Å². The molecule has 3 aromatic carbocycles. The second-order valence-electron chi connectivity index (χ2n) is 6.99. The number of ketones is 1. The molecule has 0 radical (unpaired) electrons. The van der Waals surface area contributed by atoms with Crippen molar-refractivity contribution in [3.63, 3.8) is 0 Å². The number of rotatable bonds is 8. The van der Waals surface area contributed by atoms with Crippen LogP contribution in [0.1, 0.15) is 27.0 Å². The van der Waals surface area contributed by atoms with Gasteiger partial charge in [-0.25, -0.2) is 0 Å².